The molecule has 1 aliphatic carbocycles. The zero-order valence-corrected chi connectivity index (χ0v) is 9.64. The van der Waals surface area contributed by atoms with E-state index in [4.69, 9.17) is 0 Å². The Morgan fingerprint density at radius 1 is 1.18 bits per heavy atom. The summed E-state index contributed by atoms with van der Waals surface area (Å²) in [6, 6.07) is 0. The quantitative estimate of drug-likeness (QED) is 0.841. The molecule has 0 aliphatic heterocycles. The van der Waals surface area contributed by atoms with Crippen molar-refractivity contribution in [2.24, 2.45) is 0 Å². The summed E-state index contributed by atoms with van der Waals surface area (Å²) in [6.45, 7) is 0. The Hall–Kier alpha value is -2.04. The third-order valence-corrected chi connectivity index (χ3v) is 2.96. The molecule has 5 nitrogen and oxygen atoms in total. The Kier molecular flexibility index (Phi) is 2.44. The number of hydrogen-bond donors (Lipinski definition) is 1. The molecular formula is C12H13N5. The summed E-state index contributed by atoms with van der Waals surface area (Å²) in [5.41, 5.74) is 3.11. The molecule has 2 aromatic rings. The number of nitrogens with one attached hydrogen (secondary N) is 1. The van der Waals surface area contributed by atoms with Gasteiger partial charge < -0.3 is 5.32 Å². The van der Waals surface area contributed by atoms with Crippen LogP contribution in [-0.4, -0.2) is 27.0 Å². The van der Waals surface area contributed by atoms with Crippen LogP contribution in [0.4, 0.5) is 5.82 Å². The number of anilines is 1. The summed E-state index contributed by atoms with van der Waals surface area (Å²) in [5, 5.41) is 3.14. The molecule has 86 valence electrons. The maximum Gasteiger partial charge on any atom is 0.182 e. The van der Waals surface area contributed by atoms with Crippen LogP contribution in [-0.2, 0) is 12.8 Å². The number of rotatable bonds is 2. The molecule has 0 atom stereocenters. The minimum Gasteiger partial charge on any atom is -0.373 e. The predicted octanol–water partition coefficient (Wildman–Crippen LogP) is 1.46. The molecule has 2 aromatic heterocycles. The van der Waals surface area contributed by atoms with Crippen LogP contribution in [0.25, 0.3) is 11.5 Å². The van der Waals surface area contributed by atoms with Crippen LogP contribution in [0.15, 0.2) is 18.6 Å². The molecule has 1 aliphatic rings. The molecule has 0 radical (unpaired) electrons. The van der Waals surface area contributed by atoms with Gasteiger partial charge in [0, 0.05) is 30.7 Å². The Balaban J connectivity index is 2.13. The highest BCUT2D eigenvalue weighted by molar-refractivity contribution is 5.56. The van der Waals surface area contributed by atoms with E-state index in [9.17, 15) is 0 Å². The smallest absolute Gasteiger partial charge is 0.182 e. The Morgan fingerprint density at radius 3 is 2.88 bits per heavy atom. The van der Waals surface area contributed by atoms with Gasteiger partial charge in [-0.05, 0) is 19.3 Å². The molecule has 2 heterocycles. The second-order valence-corrected chi connectivity index (χ2v) is 4.02. The van der Waals surface area contributed by atoms with Crippen LogP contribution in [0.3, 0.4) is 0 Å². The molecule has 0 saturated heterocycles. The van der Waals surface area contributed by atoms with Crippen LogP contribution in [0.1, 0.15) is 17.7 Å². The maximum atomic E-state index is 4.58. The van der Waals surface area contributed by atoms with Gasteiger partial charge in [0.15, 0.2) is 5.82 Å². The molecule has 0 fully saturated rings. The van der Waals surface area contributed by atoms with Gasteiger partial charge in [0.1, 0.15) is 11.5 Å². The lowest BCUT2D eigenvalue weighted by Crippen LogP contribution is -2.04. The first-order chi connectivity index (χ1) is 8.38. The first-order valence-electron chi connectivity index (χ1n) is 5.72. The van der Waals surface area contributed by atoms with Crippen molar-refractivity contribution >= 4 is 5.82 Å². The first kappa shape index (κ1) is 10.1. The summed E-state index contributed by atoms with van der Waals surface area (Å²) >= 11 is 0. The monoisotopic (exact) mass is 227 g/mol. The minimum atomic E-state index is 0.656. The van der Waals surface area contributed by atoms with Gasteiger partial charge in [-0.15, -0.1) is 0 Å². The summed E-state index contributed by atoms with van der Waals surface area (Å²) in [6.07, 6.45) is 8.24. The predicted molar refractivity (Wildman–Crippen MR) is 64.6 cm³/mol. The summed E-state index contributed by atoms with van der Waals surface area (Å²) in [7, 11) is 1.89. The number of hydrogen-bond acceptors (Lipinski definition) is 5. The van der Waals surface area contributed by atoms with E-state index in [0.29, 0.717) is 5.82 Å². The van der Waals surface area contributed by atoms with Crippen LogP contribution >= 0.6 is 0 Å². The van der Waals surface area contributed by atoms with E-state index in [2.05, 4.69) is 25.3 Å². The molecule has 0 spiro atoms. The molecule has 3 rings (SSSR count). The third-order valence-electron chi connectivity index (χ3n) is 2.96. The highest BCUT2D eigenvalue weighted by Gasteiger charge is 2.19. The van der Waals surface area contributed by atoms with Crippen LogP contribution in [0.5, 0.6) is 0 Å². The standard InChI is InChI=1S/C12H13N5/c1-13-11-8-3-2-4-9(8)16-12(17-11)10-7-14-5-6-15-10/h5-7H,2-4H2,1H3,(H,13,16,17). The van der Waals surface area contributed by atoms with Crippen LogP contribution < -0.4 is 5.32 Å². The van der Waals surface area contributed by atoms with E-state index >= 15 is 0 Å². The molecule has 5 heteroatoms. The van der Waals surface area contributed by atoms with Gasteiger partial charge in [0.05, 0.1) is 6.20 Å². The molecule has 0 unspecified atom stereocenters. The summed E-state index contributed by atoms with van der Waals surface area (Å²) < 4.78 is 0. The Morgan fingerprint density at radius 2 is 2.12 bits per heavy atom. The fraction of sp³-hybridized carbons (Fsp3) is 0.333. The van der Waals surface area contributed by atoms with E-state index in [1.807, 2.05) is 7.05 Å². The zero-order chi connectivity index (χ0) is 11.7. The fourth-order valence-corrected chi connectivity index (χ4v) is 2.17. The highest BCUT2D eigenvalue weighted by Crippen LogP contribution is 2.27. The van der Waals surface area contributed by atoms with E-state index in [1.165, 1.54) is 5.56 Å². The molecule has 0 aromatic carbocycles. The summed E-state index contributed by atoms with van der Waals surface area (Å²) in [5.74, 6) is 1.58. The van der Waals surface area contributed by atoms with Crippen molar-refractivity contribution in [2.75, 3.05) is 12.4 Å². The molecule has 0 amide bonds. The van der Waals surface area contributed by atoms with Crippen molar-refractivity contribution in [3.8, 4) is 11.5 Å². The third kappa shape index (κ3) is 1.73. The van der Waals surface area contributed by atoms with Gasteiger partial charge in [-0.25, -0.2) is 15.0 Å². The van der Waals surface area contributed by atoms with Gasteiger partial charge in [-0.2, -0.15) is 0 Å². The molecular weight excluding hydrogens is 214 g/mol. The SMILES string of the molecule is CNc1nc(-c2cnccn2)nc2c1CCC2. The second-order valence-electron chi connectivity index (χ2n) is 4.02. The van der Waals surface area contributed by atoms with Crippen LogP contribution in [0, 0.1) is 0 Å². The second kappa shape index (κ2) is 4.08. The lowest BCUT2D eigenvalue weighted by atomic mass is 10.2. The number of nitrogens with zero attached hydrogens (tertiary/aromatic N) is 4. The number of fused-ring (bicyclic) bond motifs is 1. The first-order valence-corrected chi connectivity index (χ1v) is 5.72. The molecule has 0 saturated carbocycles. The molecule has 0 bridgehead atoms. The summed E-state index contributed by atoms with van der Waals surface area (Å²) in [4.78, 5) is 17.4. The fourth-order valence-electron chi connectivity index (χ4n) is 2.17. The highest BCUT2D eigenvalue weighted by atomic mass is 15.0. The zero-order valence-electron chi connectivity index (χ0n) is 9.64. The van der Waals surface area contributed by atoms with Crippen molar-refractivity contribution in [1.29, 1.82) is 0 Å². The van der Waals surface area contributed by atoms with E-state index in [0.717, 1.165) is 36.5 Å². The van der Waals surface area contributed by atoms with Crippen molar-refractivity contribution in [1.82, 2.24) is 19.9 Å². The van der Waals surface area contributed by atoms with Gasteiger partial charge in [-0.1, -0.05) is 0 Å². The Bertz CT molecular complexity index is 538. The van der Waals surface area contributed by atoms with Crippen LogP contribution in [0.2, 0.25) is 0 Å². The Labute approximate surface area is 99.4 Å². The minimum absolute atomic E-state index is 0.656. The molecule has 17 heavy (non-hydrogen) atoms. The lowest BCUT2D eigenvalue weighted by molar-refractivity contribution is 0.899. The van der Waals surface area contributed by atoms with Crippen molar-refractivity contribution in [3.63, 3.8) is 0 Å². The van der Waals surface area contributed by atoms with E-state index in [-0.39, 0.29) is 0 Å². The van der Waals surface area contributed by atoms with Gasteiger partial charge in [-0.3, -0.25) is 4.98 Å². The average molecular weight is 227 g/mol. The van der Waals surface area contributed by atoms with Gasteiger partial charge in [0.25, 0.3) is 0 Å². The normalized spacial score (nSPS) is 13.5. The van der Waals surface area contributed by atoms with Crippen molar-refractivity contribution in [2.45, 2.75) is 19.3 Å². The topological polar surface area (TPSA) is 63.6 Å². The van der Waals surface area contributed by atoms with E-state index in [1.54, 1.807) is 18.6 Å². The van der Waals surface area contributed by atoms with Crippen molar-refractivity contribution in [3.05, 3.63) is 29.8 Å². The van der Waals surface area contributed by atoms with Crippen molar-refractivity contribution < 1.29 is 0 Å². The van der Waals surface area contributed by atoms with Gasteiger partial charge >= 0.3 is 0 Å². The average Bonchev–Trinajstić information content (AvgIpc) is 2.86. The lowest BCUT2D eigenvalue weighted by Gasteiger charge is -2.08. The molecule has 1 N–H and O–H groups in total. The largest absolute Gasteiger partial charge is 0.373 e. The van der Waals surface area contributed by atoms with E-state index < -0.39 is 0 Å². The number of aryl methyl sites for hydroxylation is 1. The number of aromatic nitrogens is 4. The van der Waals surface area contributed by atoms with Gasteiger partial charge in [0.2, 0.25) is 0 Å². The maximum absolute atomic E-state index is 4.58.